The van der Waals surface area contributed by atoms with E-state index < -0.39 is 29.9 Å². The molecule has 2 aromatic carbocycles. The van der Waals surface area contributed by atoms with Gasteiger partial charge in [0, 0.05) is 18.6 Å². The molecule has 0 spiro atoms. The largest absolute Gasteiger partial charge is 0.497 e. The standard InChI is InChI=1S/C29H39N3O8/c1-20(2)15-25(28(35)30-13-14-39-21(3)33)32(18-23-11-12-24(37-4)16-26(23)38-5)27(34)17-31-29(36)40-19-22-9-7-6-8-10-22/h6-12,16,20,25H,13-15,17-19H2,1-5H3,(H,30,35)(H,31,36)/t25-/m0/s1. The van der Waals surface area contributed by atoms with Gasteiger partial charge in [-0.25, -0.2) is 4.79 Å². The second-order valence-corrected chi connectivity index (χ2v) is 9.39. The fourth-order valence-electron chi connectivity index (χ4n) is 3.87. The molecule has 2 N–H and O–H groups in total. The predicted octanol–water partition coefficient (Wildman–Crippen LogP) is 3.05. The number of ether oxygens (including phenoxy) is 4. The average molecular weight is 558 g/mol. The topological polar surface area (TPSA) is 132 Å². The summed E-state index contributed by atoms with van der Waals surface area (Å²) in [4.78, 5) is 51.6. The number of hydrogen-bond donors (Lipinski definition) is 2. The zero-order valence-corrected chi connectivity index (χ0v) is 23.7. The Bertz CT molecular complexity index is 1120. The zero-order chi connectivity index (χ0) is 29.5. The SMILES string of the molecule is COc1ccc(CN(C(=O)CNC(=O)OCc2ccccc2)[C@@H](CC(C)C)C(=O)NCCOC(C)=O)c(OC)c1. The van der Waals surface area contributed by atoms with Crippen molar-refractivity contribution in [3.63, 3.8) is 0 Å². The maximum absolute atomic E-state index is 13.5. The van der Waals surface area contributed by atoms with Crippen LogP contribution in [0.5, 0.6) is 11.5 Å². The molecule has 0 saturated carbocycles. The first-order valence-corrected chi connectivity index (χ1v) is 13.0. The molecule has 2 aromatic rings. The molecule has 0 radical (unpaired) electrons. The third-order valence-electron chi connectivity index (χ3n) is 5.83. The highest BCUT2D eigenvalue weighted by Crippen LogP contribution is 2.27. The molecule has 11 nitrogen and oxygen atoms in total. The summed E-state index contributed by atoms with van der Waals surface area (Å²) in [6, 6.07) is 13.5. The number of alkyl carbamates (subject to hydrolysis) is 1. The molecule has 218 valence electrons. The van der Waals surface area contributed by atoms with Crippen LogP contribution in [0.2, 0.25) is 0 Å². The molecule has 0 fully saturated rings. The van der Waals surface area contributed by atoms with Crippen molar-refractivity contribution in [1.29, 1.82) is 0 Å². The van der Waals surface area contributed by atoms with Crippen molar-refractivity contribution < 1.29 is 38.1 Å². The van der Waals surface area contributed by atoms with Crippen molar-refractivity contribution in [1.82, 2.24) is 15.5 Å². The molecule has 0 aliphatic heterocycles. The molecule has 0 aromatic heterocycles. The lowest BCUT2D eigenvalue weighted by Crippen LogP contribution is -2.52. The average Bonchev–Trinajstić information content (AvgIpc) is 2.94. The number of amides is 3. The monoisotopic (exact) mass is 557 g/mol. The molecular formula is C29H39N3O8. The Labute approximate surface area is 235 Å². The number of carbonyl (C=O) groups is 4. The number of benzene rings is 2. The summed E-state index contributed by atoms with van der Waals surface area (Å²) >= 11 is 0. The van der Waals surface area contributed by atoms with Gasteiger partial charge in [-0.15, -0.1) is 0 Å². The molecule has 0 aliphatic rings. The highest BCUT2D eigenvalue weighted by Gasteiger charge is 2.31. The highest BCUT2D eigenvalue weighted by atomic mass is 16.5. The second kappa shape index (κ2) is 16.6. The van der Waals surface area contributed by atoms with Crippen molar-refractivity contribution in [2.45, 2.75) is 46.4 Å². The van der Waals surface area contributed by atoms with Crippen molar-refractivity contribution >= 4 is 23.9 Å². The number of esters is 1. The smallest absolute Gasteiger partial charge is 0.407 e. The number of carbonyl (C=O) groups excluding carboxylic acids is 4. The molecule has 1 atom stereocenters. The van der Waals surface area contributed by atoms with Gasteiger partial charge < -0.3 is 34.5 Å². The molecule has 2 rings (SSSR count). The number of hydrogen-bond acceptors (Lipinski definition) is 8. The van der Waals surface area contributed by atoms with Crippen molar-refractivity contribution in [2.75, 3.05) is 33.9 Å². The first-order chi connectivity index (χ1) is 19.1. The lowest BCUT2D eigenvalue weighted by molar-refractivity contribution is -0.142. The molecule has 0 saturated heterocycles. The van der Waals surface area contributed by atoms with Gasteiger partial charge in [0.05, 0.1) is 27.3 Å². The lowest BCUT2D eigenvalue weighted by atomic mass is 10.00. The van der Waals surface area contributed by atoms with Gasteiger partial charge in [-0.1, -0.05) is 44.2 Å². The molecular weight excluding hydrogens is 518 g/mol. The molecule has 40 heavy (non-hydrogen) atoms. The van der Waals surface area contributed by atoms with Crippen molar-refractivity contribution in [3.05, 3.63) is 59.7 Å². The van der Waals surface area contributed by atoms with Crippen LogP contribution in [0.3, 0.4) is 0 Å². The molecule has 0 bridgehead atoms. The Hall–Kier alpha value is -4.28. The van der Waals surface area contributed by atoms with Crippen LogP contribution in [-0.2, 0) is 37.0 Å². The Balaban J connectivity index is 2.23. The maximum Gasteiger partial charge on any atom is 0.407 e. The van der Waals surface area contributed by atoms with Crippen LogP contribution in [0.15, 0.2) is 48.5 Å². The third-order valence-corrected chi connectivity index (χ3v) is 5.83. The number of nitrogens with one attached hydrogen (secondary N) is 2. The minimum Gasteiger partial charge on any atom is -0.497 e. The maximum atomic E-state index is 13.5. The van der Waals surface area contributed by atoms with Crippen molar-refractivity contribution in [3.8, 4) is 11.5 Å². The van der Waals surface area contributed by atoms with E-state index in [1.807, 2.05) is 44.2 Å². The van der Waals surface area contributed by atoms with Crippen molar-refractivity contribution in [2.24, 2.45) is 5.92 Å². The van der Waals surface area contributed by atoms with E-state index in [4.69, 9.17) is 18.9 Å². The Morgan fingerprint density at radius 2 is 1.65 bits per heavy atom. The summed E-state index contributed by atoms with van der Waals surface area (Å²) in [5, 5.41) is 5.23. The predicted molar refractivity (Wildman–Crippen MR) is 148 cm³/mol. The number of methoxy groups -OCH3 is 2. The summed E-state index contributed by atoms with van der Waals surface area (Å²) < 4.78 is 20.9. The molecule has 0 unspecified atom stereocenters. The van der Waals surface area contributed by atoms with E-state index in [0.29, 0.717) is 23.5 Å². The molecule has 11 heteroatoms. The quantitative estimate of drug-likeness (QED) is 0.252. The summed E-state index contributed by atoms with van der Waals surface area (Å²) in [7, 11) is 3.04. The van der Waals surface area contributed by atoms with Crippen LogP contribution >= 0.6 is 0 Å². The molecule has 0 aliphatic carbocycles. The van der Waals surface area contributed by atoms with Gasteiger partial charge in [0.1, 0.15) is 37.3 Å². The van der Waals surface area contributed by atoms with Gasteiger partial charge in [-0.3, -0.25) is 14.4 Å². The van der Waals surface area contributed by atoms with Gasteiger partial charge >= 0.3 is 12.1 Å². The van der Waals surface area contributed by atoms with Gasteiger partial charge in [-0.2, -0.15) is 0 Å². The van der Waals surface area contributed by atoms with Gasteiger partial charge in [0.25, 0.3) is 0 Å². The lowest BCUT2D eigenvalue weighted by Gasteiger charge is -2.32. The first-order valence-electron chi connectivity index (χ1n) is 13.0. The molecule has 3 amide bonds. The van der Waals surface area contributed by atoms with Gasteiger partial charge in [0.2, 0.25) is 11.8 Å². The summed E-state index contributed by atoms with van der Waals surface area (Å²) in [5.74, 6) is -0.250. The number of nitrogens with zero attached hydrogens (tertiary/aromatic N) is 1. The fraction of sp³-hybridized carbons (Fsp3) is 0.448. The first kappa shape index (κ1) is 31.9. The van der Waals surface area contributed by atoms with E-state index in [0.717, 1.165) is 5.56 Å². The Morgan fingerprint density at radius 3 is 2.27 bits per heavy atom. The fourth-order valence-corrected chi connectivity index (χ4v) is 3.87. The van der Waals surface area contributed by atoms with Crippen LogP contribution in [0.25, 0.3) is 0 Å². The Morgan fingerprint density at radius 1 is 0.925 bits per heavy atom. The molecule has 0 heterocycles. The second-order valence-electron chi connectivity index (χ2n) is 9.39. The van der Waals surface area contributed by atoms with E-state index >= 15 is 0 Å². The van der Waals surface area contributed by atoms with Gasteiger partial charge in [0.15, 0.2) is 0 Å². The summed E-state index contributed by atoms with van der Waals surface area (Å²) in [6.45, 7) is 4.94. The third kappa shape index (κ3) is 10.8. The number of rotatable bonds is 15. The van der Waals surface area contributed by atoms with E-state index in [1.54, 1.807) is 18.2 Å². The van der Waals surface area contributed by atoms with E-state index in [2.05, 4.69) is 10.6 Å². The van der Waals surface area contributed by atoms with Crippen LogP contribution < -0.4 is 20.1 Å². The minimum atomic E-state index is -0.876. The van der Waals surface area contributed by atoms with Crippen LogP contribution in [0.4, 0.5) is 4.79 Å². The summed E-state index contributed by atoms with van der Waals surface area (Å²) in [5.41, 5.74) is 1.45. The van der Waals surface area contributed by atoms with E-state index in [-0.39, 0.29) is 38.8 Å². The normalized spacial score (nSPS) is 11.2. The summed E-state index contributed by atoms with van der Waals surface area (Å²) in [6.07, 6.45) is -0.410. The zero-order valence-electron chi connectivity index (χ0n) is 23.7. The minimum absolute atomic E-state index is 0.00450. The van der Waals surface area contributed by atoms with Crippen LogP contribution in [0, 0.1) is 5.92 Å². The Kier molecular flexibility index (Phi) is 13.3. The van der Waals surface area contributed by atoms with E-state index in [1.165, 1.54) is 26.0 Å². The highest BCUT2D eigenvalue weighted by molar-refractivity contribution is 5.89. The van der Waals surface area contributed by atoms with Gasteiger partial charge in [-0.05, 0) is 30.0 Å². The van der Waals surface area contributed by atoms with E-state index in [9.17, 15) is 19.2 Å². The van der Waals surface area contributed by atoms with Crippen LogP contribution in [0.1, 0.15) is 38.3 Å². The van der Waals surface area contributed by atoms with Crippen LogP contribution in [-0.4, -0.2) is 68.7 Å².